The van der Waals surface area contributed by atoms with Crippen LogP contribution in [0.5, 0.6) is 0 Å². The number of hydrogen-bond acceptors (Lipinski definition) is 3. The van der Waals surface area contributed by atoms with Crippen LogP contribution >= 0.6 is 11.3 Å². The van der Waals surface area contributed by atoms with E-state index in [2.05, 4.69) is 37.5 Å². The summed E-state index contributed by atoms with van der Waals surface area (Å²) in [6, 6.07) is 10.00. The van der Waals surface area contributed by atoms with Gasteiger partial charge < -0.3 is 10.2 Å². The number of hydrogen-bond donors (Lipinski definition) is 1. The molecular weight excluding hydrogens is 344 g/mol. The third-order valence-corrected chi connectivity index (χ3v) is 5.78. The van der Waals surface area contributed by atoms with Crippen molar-refractivity contribution in [3.8, 4) is 0 Å². The van der Waals surface area contributed by atoms with Crippen LogP contribution in [0.3, 0.4) is 0 Å². The molecule has 5 heteroatoms. The van der Waals surface area contributed by atoms with Crippen molar-refractivity contribution in [2.45, 2.75) is 52.0 Å². The lowest BCUT2D eigenvalue weighted by atomic mass is 9.87. The van der Waals surface area contributed by atoms with Crippen LogP contribution in [0.2, 0.25) is 0 Å². The van der Waals surface area contributed by atoms with Crippen molar-refractivity contribution in [1.82, 2.24) is 4.90 Å². The number of carbonyl (C=O) groups is 2. The van der Waals surface area contributed by atoms with Crippen LogP contribution in [-0.4, -0.2) is 23.3 Å². The number of fused-ring (bicyclic) bond motifs is 1. The van der Waals surface area contributed by atoms with Gasteiger partial charge in [-0.15, -0.1) is 11.3 Å². The van der Waals surface area contributed by atoms with Gasteiger partial charge in [0.1, 0.15) is 0 Å². The van der Waals surface area contributed by atoms with Gasteiger partial charge in [-0.1, -0.05) is 32.9 Å². The van der Waals surface area contributed by atoms with E-state index in [1.807, 2.05) is 29.2 Å². The molecule has 2 aromatic rings. The molecule has 0 radical (unpaired) electrons. The fourth-order valence-corrected chi connectivity index (χ4v) is 4.01. The van der Waals surface area contributed by atoms with E-state index in [0.29, 0.717) is 6.54 Å². The van der Waals surface area contributed by atoms with Crippen molar-refractivity contribution in [3.63, 3.8) is 0 Å². The number of nitrogens with zero attached hydrogens (tertiary/aromatic N) is 1. The van der Waals surface area contributed by atoms with E-state index >= 15 is 0 Å². The van der Waals surface area contributed by atoms with Gasteiger partial charge in [-0.3, -0.25) is 9.59 Å². The van der Waals surface area contributed by atoms with Gasteiger partial charge in [-0.2, -0.15) is 0 Å². The number of carbonyl (C=O) groups excluding carboxylic acids is 2. The molecule has 26 heavy (non-hydrogen) atoms. The number of anilines is 1. The van der Waals surface area contributed by atoms with Gasteiger partial charge in [0.05, 0.1) is 0 Å². The third kappa shape index (κ3) is 4.52. The van der Waals surface area contributed by atoms with Gasteiger partial charge in [-0.05, 0) is 46.5 Å². The molecule has 0 saturated heterocycles. The smallest absolute Gasteiger partial charge is 0.224 e. The van der Waals surface area contributed by atoms with E-state index < -0.39 is 0 Å². The SMILES string of the molecule is CC(C)(C)c1ccc(NC(=O)CCC(=O)N2CCc3sccc3C2)cc1. The molecule has 1 aromatic carbocycles. The van der Waals surface area contributed by atoms with Crippen molar-refractivity contribution in [2.75, 3.05) is 11.9 Å². The second-order valence-electron chi connectivity index (χ2n) is 7.81. The molecule has 1 aliphatic rings. The minimum atomic E-state index is -0.116. The molecule has 0 atom stereocenters. The Balaban J connectivity index is 1.47. The van der Waals surface area contributed by atoms with E-state index in [9.17, 15) is 9.59 Å². The summed E-state index contributed by atoms with van der Waals surface area (Å²) in [6.45, 7) is 7.90. The van der Waals surface area contributed by atoms with Gasteiger partial charge in [-0.25, -0.2) is 0 Å². The molecule has 0 unspecified atom stereocenters. The van der Waals surface area contributed by atoms with Gasteiger partial charge in [0.15, 0.2) is 0 Å². The second-order valence-corrected chi connectivity index (χ2v) is 8.81. The molecule has 4 nitrogen and oxygen atoms in total. The Kier molecular flexibility index (Phi) is 5.47. The number of thiophene rings is 1. The molecule has 1 aromatic heterocycles. The minimum Gasteiger partial charge on any atom is -0.338 e. The zero-order valence-corrected chi connectivity index (χ0v) is 16.5. The highest BCUT2D eigenvalue weighted by atomic mass is 32.1. The first kappa shape index (κ1) is 18.6. The fraction of sp³-hybridized carbons (Fsp3) is 0.429. The molecule has 0 fully saturated rings. The molecule has 0 spiro atoms. The van der Waals surface area contributed by atoms with Crippen LogP contribution in [-0.2, 0) is 28.0 Å². The summed E-state index contributed by atoms with van der Waals surface area (Å²) < 4.78 is 0. The quantitative estimate of drug-likeness (QED) is 0.870. The number of benzene rings is 1. The predicted octanol–water partition coefficient (Wildman–Crippen LogP) is 4.35. The highest BCUT2D eigenvalue weighted by Crippen LogP contribution is 2.25. The van der Waals surface area contributed by atoms with Crippen molar-refractivity contribution in [1.29, 1.82) is 0 Å². The second kappa shape index (κ2) is 7.62. The molecule has 0 saturated carbocycles. The largest absolute Gasteiger partial charge is 0.338 e. The minimum absolute atomic E-state index is 0.0556. The Bertz CT molecular complexity index is 787. The third-order valence-electron chi connectivity index (χ3n) is 4.76. The number of amides is 2. The summed E-state index contributed by atoms with van der Waals surface area (Å²) in [5, 5.41) is 4.96. The summed E-state index contributed by atoms with van der Waals surface area (Å²) in [7, 11) is 0. The van der Waals surface area contributed by atoms with E-state index in [1.165, 1.54) is 16.0 Å². The van der Waals surface area contributed by atoms with Crippen molar-refractivity contribution in [3.05, 3.63) is 51.7 Å². The van der Waals surface area contributed by atoms with Gasteiger partial charge in [0, 0.05) is 36.5 Å². The Hall–Kier alpha value is -2.14. The van der Waals surface area contributed by atoms with Crippen LogP contribution in [0.1, 0.15) is 49.6 Å². The summed E-state index contributed by atoms with van der Waals surface area (Å²) in [6.07, 6.45) is 1.39. The van der Waals surface area contributed by atoms with Crippen LogP contribution in [0.4, 0.5) is 5.69 Å². The lowest BCUT2D eigenvalue weighted by Gasteiger charge is -2.27. The average molecular weight is 371 g/mol. The molecule has 1 aliphatic heterocycles. The van der Waals surface area contributed by atoms with Gasteiger partial charge >= 0.3 is 0 Å². The lowest BCUT2D eigenvalue weighted by molar-refractivity contribution is -0.133. The summed E-state index contributed by atoms with van der Waals surface area (Å²) in [4.78, 5) is 27.8. The molecule has 138 valence electrons. The maximum absolute atomic E-state index is 12.4. The van der Waals surface area contributed by atoms with E-state index in [1.54, 1.807) is 11.3 Å². The maximum atomic E-state index is 12.4. The molecular formula is C21H26N2O2S. The first-order chi connectivity index (χ1) is 12.3. The zero-order chi connectivity index (χ0) is 18.7. The van der Waals surface area contributed by atoms with Crippen LogP contribution in [0, 0.1) is 0 Å². The zero-order valence-electron chi connectivity index (χ0n) is 15.7. The van der Waals surface area contributed by atoms with Crippen molar-refractivity contribution >= 4 is 28.8 Å². The first-order valence-electron chi connectivity index (χ1n) is 9.06. The fourth-order valence-electron chi connectivity index (χ4n) is 3.12. The Morgan fingerprint density at radius 3 is 2.54 bits per heavy atom. The summed E-state index contributed by atoms with van der Waals surface area (Å²) in [5.74, 6) is -0.0600. The number of rotatable bonds is 4. The molecule has 2 heterocycles. The van der Waals surface area contributed by atoms with Crippen LogP contribution in [0.25, 0.3) is 0 Å². The van der Waals surface area contributed by atoms with E-state index in [0.717, 1.165) is 18.7 Å². The lowest BCUT2D eigenvalue weighted by Crippen LogP contribution is -2.35. The number of nitrogens with one attached hydrogen (secondary N) is 1. The Morgan fingerprint density at radius 2 is 1.85 bits per heavy atom. The van der Waals surface area contributed by atoms with Gasteiger partial charge in [0.25, 0.3) is 0 Å². The monoisotopic (exact) mass is 370 g/mol. The Labute approximate surface area is 159 Å². The van der Waals surface area contributed by atoms with E-state index in [-0.39, 0.29) is 30.1 Å². The predicted molar refractivity (Wildman–Crippen MR) is 106 cm³/mol. The molecule has 0 aliphatic carbocycles. The standard InChI is InChI=1S/C21H26N2O2S/c1-21(2,3)16-4-6-17(7-5-16)22-19(24)8-9-20(25)23-12-10-18-15(14-23)11-13-26-18/h4-7,11,13H,8-10,12,14H2,1-3H3,(H,22,24). The first-order valence-corrected chi connectivity index (χ1v) is 9.94. The highest BCUT2D eigenvalue weighted by molar-refractivity contribution is 7.10. The maximum Gasteiger partial charge on any atom is 0.224 e. The Morgan fingerprint density at radius 1 is 1.12 bits per heavy atom. The molecule has 3 rings (SSSR count). The normalized spacial score (nSPS) is 14.0. The van der Waals surface area contributed by atoms with E-state index in [4.69, 9.17) is 0 Å². The topological polar surface area (TPSA) is 49.4 Å². The van der Waals surface area contributed by atoms with Crippen LogP contribution in [0.15, 0.2) is 35.7 Å². The highest BCUT2D eigenvalue weighted by Gasteiger charge is 2.21. The van der Waals surface area contributed by atoms with Crippen molar-refractivity contribution < 1.29 is 9.59 Å². The van der Waals surface area contributed by atoms with Crippen molar-refractivity contribution in [2.24, 2.45) is 0 Å². The summed E-state index contributed by atoms with van der Waals surface area (Å²) in [5.41, 5.74) is 3.34. The average Bonchev–Trinajstić information content (AvgIpc) is 3.07. The molecule has 2 amide bonds. The van der Waals surface area contributed by atoms with Crippen LogP contribution < -0.4 is 5.32 Å². The molecule has 1 N–H and O–H groups in total. The van der Waals surface area contributed by atoms with Gasteiger partial charge in [0.2, 0.25) is 11.8 Å². The summed E-state index contributed by atoms with van der Waals surface area (Å²) >= 11 is 1.76. The molecule has 0 bridgehead atoms.